The number of aliphatic hydroxyl groups is 1. The second-order valence-corrected chi connectivity index (χ2v) is 6.80. The molecule has 21 heavy (non-hydrogen) atoms. The Kier molecular flexibility index (Phi) is 7.58. The lowest BCUT2D eigenvalue weighted by Crippen LogP contribution is -2.44. The van der Waals surface area contributed by atoms with Crippen LogP contribution in [0.2, 0.25) is 0 Å². The molecule has 0 aromatic heterocycles. The first-order valence-corrected chi connectivity index (χ1v) is 9.14. The Morgan fingerprint density at radius 1 is 1.29 bits per heavy atom. The molecular formula is C17H27NO2S. The van der Waals surface area contributed by atoms with Crippen molar-refractivity contribution in [1.29, 1.82) is 0 Å². The SMILES string of the molecule is CSC1CCCCC1NCC(O)COCc1ccccc1. The van der Waals surface area contributed by atoms with Gasteiger partial charge in [-0.15, -0.1) is 0 Å². The summed E-state index contributed by atoms with van der Waals surface area (Å²) in [7, 11) is 0. The largest absolute Gasteiger partial charge is 0.389 e. The maximum Gasteiger partial charge on any atom is 0.0897 e. The molecular weight excluding hydrogens is 282 g/mol. The van der Waals surface area contributed by atoms with Crippen molar-refractivity contribution in [1.82, 2.24) is 5.32 Å². The molecule has 0 amide bonds. The van der Waals surface area contributed by atoms with Gasteiger partial charge in [-0.25, -0.2) is 0 Å². The summed E-state index contributed by atoms with van der Waals surface area (Å²) in [6.45, 7) is 1.57. The molecule has 1 aromatic rings. The minimum Gasteiger partial charge on any atom is -0.389 e. The number of thioether (sulfide) groups is 1. The Balaban J connectivity index is 1.61. The molecule has 1 aromatic carbocycles. The lowest BCUT2D eigenvalue weighted by molar-refractivity contribution is 0.0271. The molecule has 1 saturated carbocycles. The third kappa shape index (κ3) is 5.99. The number of nitrogens with one attached hydrogen (secondary N) is 1. The van der Waals surface area contributed by atoms with Crippen molar-refractivity contribution >= 4 is 11.8 Å². The maximum atomic E-state index is 10.0. The molecule has 0 aliphatic heterocycles. The van der Waals surface area contributed by atoms with Gasteiger partial charge in [-0.3, -0.25) is 0 Å². The summed E-state index contributed by atoms with van der Waals surface area (Å²) in [6, 6.07) is 10.6. The highest BCUT2D eigenvalue weighted by Crippen LogP contribution is 2.27. The fourth-order valence-corrected chi connectivity index (χ4v) is 3.81. The van der Waals surface area contributed by atoms with E-state index in [1.165, 1.54) is 25.7 Å². The van der Waals surface area contributed by atoms with Gasteiger partial charge in [-0.05, 0) is 24.7 Å². The van der Waals surface area contributed by atoms with Gasteiger partial charge >= 0.3 is 0 Å². The van der Waals surface area contributed by atoms with Crippen LogP contribution in [0, 0.1) is 0 Å². The molecule has 0 heterocycles. The highest BCUT2D eigenvalue weighted by atomic mass is 32.2. The Labute approximate surface area is 132 Å². The summed E-state index contributed by atoms with van der Waals surface area (Å²) >= 11 is 1.95. The van der Waals surface area contributed by atoms with Crippen molar-refractivity contribution in [3.63, 3.8) is 0 Å². The first-order chi connectivity index (χ1) is 10.3. The van der Waals surface area contributed by atoms with Crippen LogP contribution in [0.5, 0.6) is 0 Å². The topological polar surface area (TPSA) is 41.5 Å². The van der Waals surface area contributed by atoms with E-state index in [9.17, 15) is 5.11 Å². The van der Waals surface area contributed by atoms with Gasteiger partial charge < -0.3 is 15.2 Å². The van der Waals surface area contributed by atoms with Crippen molar-refractivity contribution in [2.45, 2.75) is 49.7 Å². The molecule has 1 fully saturated rings. The van der Waals surface area contributed by atoms with Gasteiger partial charge in [-0.1, -0.05) is 43.2 Å². The third-order valence-electron chi connectivity index (χ3n) is 4.04. The second-order valence-electron chi connectivity index (χ2n) is 5.73. The van der Waals surface area contributed by atoms with Gasteiger partial charge in [0.25, 0.3) is 0 Å². The van der Waals surface area contributed by atoms with Crippen molar-refractivity contribution in [2.75, 3.05) is 19.4 Å². The number of hydrogen-bond donors (Lipinski definition) is 2. The van der Waals surface area contributed by atoms with Crippen molar-refractivity contribution in [3.8, 4) is 0 Å². The normalized spacial score (nSPS) is 23.9. The first kappa shape index (κ1) is 16.8. The van der Waals surface area contributed by atoms with E-state index in [2.05, 4.69) is 11.6 Å². The molecule has 3 unspecified atom stereocenters. The minimum atomic E-state index is -0.432. The minimum absolute atomic E-state index is 0.387. The second kappa shape index (κ2) is 9.46. The molecule has 3 nitrogen and oxygen atoms in total. The molecule has 2 N–H and O–H groups in total. The molecule has 0 bridgehead atoms. The fourth-order valence-electron chi connectivity index (χ4n) is 2.85. The lowest BCUT2D eigenvalue weighted by Gasteiger charge is -2.31. The molecule has 0 radical (unpaired) electrons. The van der Waals surface area contributed by atoms with Crippen molar-refractivity contribution < 1.29 is 9.84 Å². The average Bonchev–Trinajstić information content (AvgIpc) is 2.54. The zero-order valence-electron chi connectivity index (χ0n) is 12.8. The van der Waals surface area contributed by atoms with Crippen molar-refractivity contribution in [2.24, 2.45) is 0 Å². The van der Waals surface area contributed by atoms with Gasteiger partial charge in [0.1, 0.15) is 0 Å². The van der Waals surface area contributed by atoms with E-state index in [0.717, 1.165) is 5.56 Å². The lowest BCUT2D eigenvalue weighted by atomic mass is 9.95. The summed E-state index contributed by atoms with van der Waals surface area (Å²) in [6.07, 6.45) is 6.91. The summed E-state index contributed by atoms with van der Waals surface area (Å²) < 4.78 is 5.58. The van der Waals surface area contributed by atoms with E-state index >= 15 is 0 Å². The molecule has 3 atom stereocenters. The Morgan fingerprint density at radius 3 is 2.81 bits per heavy atom. The van der Waals surface area contributed by atoms with E-state index < -0.39 is 6.10 Å². The standard InChI is InChI=1S/C17H27NO2S/c1-21-17-10-6-5-9-16(17)18-11-15(19)13-20-12-14-7-3-2-4-8-14/h2-4,7-8,15-19H,5-6,9-13H2,1H3. The van der Waals surface area contributed by atoms with E-state index in [1.807, 2.05) is 42.1 Å². The number of rotatable bonds is 8. The average molecular weight is 309 g/mol. The maximum absolute atomic E-state index is 10.0. The van der Waals surface area contributed by atoms with E-state index in [1.54, 1.807) is 0 Å². The highest BCUT2D eigenvalue weighted by Gasteiger charge is 2.24. The van der Waals surface area contributed by atoms with Crippen LogP contribution in [0.25, 0.3) is 0 Å². The smallest absolute Gasteiger partial charge is 0.0897 e. The molecule has 0 saturated heterocycles. The quantitative estimate of drug-likeness (QED) is 0.775. The molecule has 1 aliphatic carbocycles. The van der Waals surface area contributed by atoms with Crippen LogP contribution in [-0.4, -0.2) is 41.9 Å². The molecule has 118 valence electrons. The summed E-state index contributed by atoms with van der Waals surface area (Å²) in [5, 5.41) is 14.2. The number of ether oxygens (including phenoxy) is 1. The fraction of sp³-hybridized carbons (Fsp3) is 0.647. The molecule has 1 aliphatic rings. The van der Waals surface area contributed by atoms with Gasteiger partial charge in [0.05, 0.1) is 19.3 Å². The predicted octanol–water partition coefficient (Wildman–Crippen LogP) is 2.83. The highest BCUT2D eigenvalue weighted by molar-refractivity contribution is 7.99. The van der Waals surface area contributed by atoms with Gasteiger partial charge in [0.15, 0.2) is 0 Å². The van der Waals surface area contributed by atoms with Gasteiger partial charge in [0.2, 0.25) is 0 Å². The zero-order chi connectivity index (χ0) is 14.9. The van der Waals surface area contributed by atoms with Gasteiger partial charge in [-0.2, -0.15) is 11.8 Å². The number of hydrogen-bond acceptors (Lipinski definition) is 4. The Bertz CT molecular complexity index is 388. The summed E-state index contributed by atoms with van der Waals surface area (Å²) in [5.74, 6) is 0. The van der Waals surface area contributed by atoms with Crippen LogP contribution in [-0.2, 0) is 11.3 Å². The van der Waals surface area contributed by atoms with E-state index in [-0.39, 0.29) is 0 Å². The van der Waals surface area contributed by atoms with Crippen LogP contribution in [0.4, 0.5) is 0 Å². The Hall–Kier alpha value is -0.550. The zero-order valence-corrected chi connectivity index (χ0v) is 13.6. The summed E-state index contributed by atoms with van der Waals surface area (Å²) in [5.41, 5.74) is 1.15. The molecule has 0 spiro atoms. The number of benzene rings is 1. The Morgan fingerprint density at radius 2 is 2.05 bits per heavy atom. The van der Waals surface area contributed by atoms with Crippen LogP contribution in [0.3, 0.4) is 0 Å². The predicted molar refractivity (Wildman–Crippen MR) is 89.7 cm³/mol. The van der Waals surface area contributed by atoms with Crippen LogP contribution in [0.15, 0.2) is 30.3 Å². The monoisotopic (exact) mass is 309 g/mol. The molecule has 2 rings (SSSR count). The first-order valence-electron chi connectivity index (χ1n) is 7.85. The van der Waals surface area contributed by atoms with Crippen LogP contribution < -0.4 is 5.32 Å². The van der Waals surface area contributed by atoms with Crippen LogP contribution >= 0.6 is 11.8 Å². The van der Waals surface area contributed by atoms with Crippen LogP contribution in [0.1, 0.15) is 31.2 Å². The van der Waals surface area contributed by atoms with Crippen molar-refractivity contribution in [3.05, 3.63) is 35.9 Å². The van der Waals surface area contributed by atoms with E-state index in [0.29, 0.717) is 31.1 Å². The summed E-state index contributed by atoms with van der Waals surface area (Å²) in [4.78, 5) is 0. The van der Waals surface area contributed by atoms with E-state index in [4.69, 9.17) is 4.74 Å². The van der Waals surface area contributed by atoms with Gasteiger partial charge in [0, 0.05) is 17.8 Å². The third-order valence-corrected chi connectivity index (χ3v) is 5.21. The molecule has 4 heteroatoms. The number of aliphatic hydroxyl groups excluding tert-OH is 1.